The number of aromatic nitrogens is 1. The molecular formula is C12H12FNO2. The number of aromatic carboxylic acids is 1. The largest absolute Gasteiger partial charge is 0.477 e. The molecule has 1 heterocycles. The quantitative estimate of drug-likeness (QED) is 0.846. The minimum Gasteiger partial charge on any atom is -0.477 e. The maximum Gasteiger partial charge on any atom is 0.352 e. The molecule has 0 aliphatic heterocycles. The monoisotopic (exact) mass is 221 g/mol. The maximum absolute atomic E-state index is 13.0. The van der Waals surface area contributed by atoms with Gasteiger partial charge in [0.05, 0.1) is 0 Å². The lowest BCUT2D eigenvalue weighted by Gasteiger charge is -2.11. The fourth-order valence-corrected chi connectivity index (χ4v) is 1.93. The Bertz CT molecular complexity index is 557. The van der Waals surface area contributed by atoms with Crippen molar-refractivity contribution in [3.8, 4) is 0 Å². The van der Waals surface area contributed by atoms with Crippen molar-refractivity contribution in [2.75, 3.05) is 0 Å². The van der Waals surface area contributed by atoms with Crippen LogP contribution in [0.5, 0.6) is 0 Å². The SMILES string of the molecule is CC(C)n1c(C(=O)O)cc2cc(F)ccc21. The van der Waals surface area contributed by atoms with Crippen LogP contribution in [-0.4, -0.2) is 15.6 Å². The fourth-order valence-electron chi connectivity index (χ4n) is 1.93. The predicted octanol–water partition coefficient (Wildman–Crippen LogP) is 3.06. The van der Waals surface area contributed by atoms with Crippen LogP contribution in [0, 0.1) is 5.82 Å². The van der Waals surface area contributed by atoms with Crippen LogP contribution < -0.4 is 0 Å². The number of benzene rings is 1. The molecule has 2 aromatic rings. The topological polar surface area (TPSA) is 42.2 Å². The average Bonchev–Trinajstić information content (AvgIpc) is 2.55. The second-order valence-corrected chi connectivity index (χ2v) is 4.00. The van der Waals surface area contributed by atoms with Crippen LogP contribution in [-0.2, 0) is 0 Å². The molecule has 0 radical (unpaired) electrons. The molecule has 16 heavy (non-hydrogen) atoms. The first-order chi connectivity index (χ1) is 7.50. The molecule has 0 amide bonds. The van der Waals surface area contributed by atoms with Gasteiger partial charge in [-0.15, -0.1) is 0 Å². The molecule has 0 spiro atoms. The third-order valence-corrected chi connectivity index (χ3v) is 2.54. The first-order valence-electron chi connectivity index (χ1n) is 5.04. The molecule has 0 bridgehead atoms. The Balaban J connectivity index is 2.81. The van der Waals surface area contributed by atoms with Gasteiger partial charge in [0.1, 0.15) is 11.5 Å². The number of nitrogens with zero attached hydrogens (tertiary/aromatic N) is 1. The molecule has 0 fully saturated rings. The minimum atomic E-state index is -0.995. The zero-order chi connectivity index (χ0) is 11.9. The maximum atomic E-state index is 13.0. The number of rotatable bonds is 2. The second kappa shape index (κ2) is 3.63. The van der Waals surface area contributed by atoms with E-state index in [1.165, 1.54) is 18.2 Å². The molecule has 2 rings (SSSR count). The minimum absolute atomic E-state index is 0.0223. The summed E-state index contributed by atoms with van der Waals surface area (Å²) in [5, 5.41) is 9.69. The van der Waals surface area contributed by atoms with Gasteiger partial charge in [-0.05, 0) is 38.1 Å². The van der Waals surface area contributed by atoms with Crippen LogP contribution in [0.15, 0.2) is 24.3 Å². The van der Waals surface area contributed by atoms with E-state index in [9.17, 15) is 9.18 Å². The smallest absolute Gasteiger partial charge is 0.352 e. The Morgan fingerprint density at radius 3 is 2.62 bits per heavy atom. The molecule has 4 heteroatoms. The Kier molecular flexibility index (Phi) is 2.42. The lowest BCUT2D eigenvalue weighted by molar-refractivity contribution is 0.0684. The molecule has 0 unspecified atom stereocenters. The summed E-state index contributed by atoms with van der Waals surface area (Å²) in [6.45, 7) is 3.80. The van der Waals surface area contributed by atoms with Crippen molar-refractivity contribution in [1.29, 1.82) is 0 Å². The van der Waals surface area contributed by atoms with Crippen LogP contribution in [0.3, 0.4) is 0 Å². The standard InChI is InChI=1S/C12H12FNO2/c1-7(2)14-10-4-3-9(13)5-8(10)6-11(14)12(15)16/h3-7H,1-2H3,(H,15,16). The summed E-state index contributed by atoms with van der Waals surface area (Å²) in [5.41, 5.74) is 0.935. The first-order valence-corrected chi connectivity index (χ1v) is 5.04. The Labute approximate surface area is 92.1 Å². The molecule has 0 aliphatic rings. The highest BCUT2D eigenvalue weighted by Crippen LogP contribution is 2.24. The van der Waals surface area contributed by atoms with Crippen molar-refractivity contribution in [3.63, 3.8) is 0 Å². The van der Waals surface area contributed by atoms with Gasteiger partial charge in [0.15, 0.2) is 0 Å². The third kappa shape index (κ3) is 1.56. The number of carboxylic acids is 1. The zero-order valence-corrected chi connectivity index (χ0v) is 9.07. The van der Waals surface area contributed by atoms with E-state index in [2.05, 4.69) is 0 Å². The van der Waals surface area contributed by atoms with E-state index in [1.54, 1.807) is 10.6 Å². The lowest BCUT2D eigenvalue weighted by Crippen LogP contribution is -2.10. The number of carboxylic acid groups (broad SMARTS) is 1. The van der Waals surface area contributed by atoms with Crippen LogP contribution in [0.1, 0.15) is 30.4 Å². The van der Waals surface area contributed by atoms with E-state index in [0.29, 0.717) is 5.39 Å². The Morgan fingerprint density at radius 2 is 2.06 bits per heavy atom. The Hall–Kier alpha value is -1.84. The van der Waals surface area contributed by atoms with E-state index in [0.717, 1.165) is 5.52 Å². The fraction of sp³-hybridized carbons (Fsp3) is 0.250. The molecular weight excluding hydrogens is 209 g/mol. The average molecular weight is 221 g/mol. The molecule has 84 valence electrons. The molecule has 1 aromatic carbocycles. The van der Waals surface area contributed by atoms with Gasteiger partial charge in [0.25, 0.3) is 0 Å². The highest BCUT2D eigenvalue weighted by Gasteiger charge is 2.16. The summed E-state index contributed by atoms with van der Waals surface area (Å²) in [4.78, 5) is 11.1. The van der Waals surface area contributed by atoms with Gasteiger partial charge in [-0.1, -0.05) is 0 Å². The highest BCUT2D eigenvalue weighted by molar-refractivity contribution is 5.94. The van der Waals surface area contributed by atoms with E-state index in [1.807, 2.05) is 13.8 Å². The number of hydrogen-bond acceptors (Lipinski definition) is 1. The summed E-state index contributed by atoms with van der Waals surface area (Å²) < 4.78 is 14.7. The molecule has 0 aliphatic carbocycles. The number of hydrogen-bond donors (Lipinski definition) is 1. The third-order valence-electron chi connectivity index (χ3n) is 2.54. The number of fused-ring (bicyclic) bond motifs is 1. The van der Waals surface area contributed by atoms with Crippen molar-refractivity contribution in [2.24, 2.45) is 0 Å². The predicted molar refractivity (Wildman–Crippen MR) is 59.2 cm³/mol. The van der Waals surface area contributed by atoms with Gasteiger partial charge in [-0.2, -0.15) is 0 Å². The molecule has 0 saturated carbocycles. The van der Waals surface area contributed by atoms with Gasteiger partial charge in [-0.25, -0.2) is 9.18 Å². The summed E-state index contributed by atoms with van der Waals surface area (Å²) in [6.07, 6.45) is 0. The van der Waals surface area contributed by atoms with E-state index < -0.39 is 5.97 Å². The molecule has 1 aromatic heterocycles. The van der Waals surface area contributed by atoms with Gasteiger partial charge in [0.2, 0.25) is 0 Å². The van der Waals surface area contributed by atoms with Gasteiger partial charge in [0, 0.05) is 16.9 Å². The summed E-state index contributed by atoms with van der Waals surface area (Å²) in [6, 6.07) is 5.82. The lowest BCUT2D eigenvalue weighted by atomic mass is 10.2. The van der Waals surface area contributed by atoms with Crippen molar-refractivity contribution in [3.05, 3.63) is 35.8 Å². The number of carbonyl (C=O) groups is 1. The van der Waals surface area contributed by atoms with Crippen molar-refractivity contribution in [2.45, 2.75) is 19.9 Å². The molecule has 0 saturated heterocycles. The molecule has 0 atom stereocenters. The van der Waals surface area contributed by atoms with Crippen LogP contribution in [0.25, 0.3) is 10.9 Å². The molecule has 1 N–H and O–H groups in total. The van der Waals surface area contributed by atoms with E-state index >= 15 is 0 Å². The van der Waals surface area contributed by atoms with Gasteiger partial charge < -0.3 is 9.67 Å². The summed E-state index contributed by atoms with van der Waals surface area (Å²) >= 11 is 0. The molecule has 3 nitrogen and oxygen atoms in total. The number of halogens is 1. The first kappa shape index (κ1) is 10.7. The van der Waals surface area contributed by atoms with E-state index in [4.69, 9.17) is 5.11 Å². The van der Waals surface area contributed by atoms with Gasteiger partial charge >= 0.3 is 5.97 Å². The highest BCUT2D eigenvalue weighted by atomic mass is 19.1. The Morgan fingerprint density at radius 1 is 1.38 bits per heavy atom. The van der Waals surface area contributed by atoms with Crippen LogP contribution >= 0.6 is 0 Å². The second-order valence-electron chi connectivity index (χ2n) is 4.00. The summed E-state index contributed by atoms with van der Waals surface area (Å²) in [7, 11) is 0. The van der Waals surface area contributed by atoms with Crippen molar-refractivity contribution >= 4 is 16.9 Å². The zero-order valence-electron chi connectivity index (χ0n) is 9.07. The van der Waals surface area contributed by atoms with Crippen LogP contribution in [0.4, 0.5) is 4.39 Å². The van der Waals surface area contributed by atoms with Crippen molar-refractivity contribution in [1.82, 2.24) is 4.57 Å². The van der Waals surface area contributed by atoms with Crippen molar-refractivity contribution < 1.29 is 14.3 Å². The van der Waals surface area contributed by atoms with E-state index in [-0.39, 0.29) is 17.6 Å². The summed E-state index contributed by atoms with van der Waals surface area (Å²) in [5.74, 6) is -1.35. The normalized spacial score (nSPS) is 11.2. The van der Waals surface area contributed by atoms with Crippen LogP contribution in [0.2, 0.25) is 0 Å². The van der Waals surface area contributed by atoms with Gasteiger partial charge in [-0.3, -0.25) is 0 Å².